The highest BCUT2D eigenvalue weighted by Crippen LogP contribution is 2.55. The van der Waals surface area contributed by atoms with Crippen molar-refractivity contribution >= 4 is 0 Å². The molecule has 0 saturated heterocycles. The summed E-state index contributed by atoms with van der Waals surface area (Å²) in [5.41, 5.74) is 0.820. The first-order valence-corrected chi connectivity index (χ1v) is 5.12. The van der Waals surface area contributed by atoms with Crippen LogP contribution < -0.4 is 0 Å². The van der Waals surface area contributed by atoms with Gasteiger partial charge in [-0.05, 0) is 24.3 Å². The molecule has 0 aromatic rings. The highest BCUT2D eigenvalue weighted by Gasteiger charge is 2.54. The smallest absolute Gasteiger partial charge is 0.0558 e. The van der Waals surface area contributed by atoms with Gasteiger partial charge in [0.1, 0.15) is 0 Å². The second kappa shape index (κ2) is 3.25. The standard InChI is InChI=1S/C11H23NO/c1-10(2)8-11(3,4)9(10)12(5)6-7-13/h9,13H,6-8H2,1-5H3. The third kappa shape index (κ3) is 1.89. The Kier molecular flexibility index (Phi) is 2.75. The SMILES string of the molecule is CN(CCO)C1C(C)(C)CC1(C)C. The maximum Gasteiger partial charge on any atom is 0.0558 e. The molecule has 0 bridgehead atoms. The van der Waals surface area contributed by atoms with Crippen molar-refractivity contribution in [1.29, 1.82) is 0 Å². The first-order chi connectivity index (χ1) is 5.81. The average molecular weight is 185 g/mol. The van der Waals surface area contributed by atoms with E-state index in [9.17, 15) is 0 Å². The zero-order chi connectivity index (χ0) is 10.3. The van der Waals surface area contributed by atoms with Crippen LogP contribution in [0.2, 0.25) is 0 Å². The lowest BCUT2D eigenvalue weighted by molar-refractivity contribution is -0.107. The Morgan fingerprint density at radius 3 is 2.00 bits per heavy atom. The van der Waals surface area contributed by atoms with Crippen molar-refractivity contribution < 1.29 is 5.11 Å². The van der Waals surface area contributed by atoms with Crippen molar-refractivity contribution in [3.05, 3.63) is 0 Å². The van der Waals surface area contributed by atoms with E-state index in [4.69, 9.17) is 5.11 Å². The lowest BCUT2D eigenvalue weighted by Gasteiger charge is -2.61. The zero-order valence-electron chi connectivity index (χ0n) is 9.59. The second-order valence-electron chi connectivity index (χ2n) is 5.76. The van der Waals surface area contributed by atoms with Gasteiger partial charge in [0.25, 0.3) is 0 Å². The van der Waals surface area contributed by atoms with Crippen LogP contribution in [0.3, 0.4) is 0 Å². The summed E-state index contributed by atoms with van der Waals surface area (Å²) in [5.74, 6) is 0. The van der Waals surface area contributed by atoms with Crippen molar-refractivity contribution in [2.75, 3.05) is 20.2 Å². The molecule has 0 unspecified atom stereocenters. The van der Waals surface area contributed by atoms with E-state index in [-0.39, 0.29) is 6.61 Å². The summed E-state index contributed by atoms with van der Waals surface area (Å²) >= 11 is 0. The lowest BCUT2D eigenvalue weighted by Crippen LogP contribution is -2.62. The fourth-order valence-electron chi connectivity index (χ4n) is 3.77. The van der Waals surface area contributed by atoms with Gasteiger partial charge in [-0.2, -0.15) is 0 Å². The Bertz CT molecular complexity index is 173. The predicted molar refractivity (Wildman–Crippen MR) is 55.7 cm³/mol. The fourth-order valence-corrected chi connectivity index (χ4v) is 3.77. The number of hydrogen-bond donors (Lipinski definition) is 1. The van der Waals surface area contributed by atoms with Gasteiger partial charge in [-0.3, -0.25) is 0 Å². The molecule has 0 amide bonds. The second-order valence-corrected chi connectivity index (χ2v) is 5.76. The van der Waals surface area contributed by atoms with E-state index in [1.807, 2.05) is 0 Å². The van der Waals surface area contributed by atoms with Crippen molar-refractivity contribution in [3.63, 3.8) is 0 Å². The van der Waals surface area contributed by atoms with Crippen LogP contribution in [0, 0.1) is 10.8 Å². The van der Waals surface area contributed by atoms with Crippen LogP contribution >= 0.6 is 0 Å². The summed E-state index contributed by atoms with van der Waals surface area (Å²) in [6, 6.07) is 0.604. The minimum Gasteiger partial charge on any atom is -0.395 e. The number of nitrogens with zero attached hydrogens (tertiary/aromatic N) is 1. The molecule has 1 fully saturated rings. The molecule has 2 nitrogen and oxygen atoms in total. The van der Waals surface area contributed by atoms with Crippen LogP contribution in [0.25, 0.3) is 0 Å². The lowest BCUT2D eigenvalue weighted by atomic mass is 9.51. The van der Waals surface area contributed by atoms with Gasteiger partial charge in [0.2, 0.25) is 0 Å². The van der Waals surface area contributed by atoms with E-state index in [2.05, 4.69) is 39.6 Å². The van der Waals surface area contributed by atoms with Crippen molar-refractivity contribution in [1.82, 2.24) is 4.90 Å². The monoisotopic (exact) mass is 185 g/mol. The maximum absolute atomic E-state index is 8.90. The Morgan fingerprint density at radius 2 is 1.69 bits per heavy atom. The Hall–Kier alpha value is -0.0800. The van der Waals surface area contributed by atoms with Gasteiger partial charge in [0.15, 0.2) is 0 Å². The minimum absolute atomic E-state index is 0.263. The largest absolute Gasteiger partial charge is 0.395 e. The average Bonchev–Trinajstić information content (AvgIpc) is 1.81. The minimum atomic E-state index is 0.263. The van der Waals surface area contributed by atoms with Crippen molar-refractivity contribution in [2.45, 2.75) is 40.2 Å². The van der Waals surface area contributed by atoms with E-state index in [0.29, 0.717) is 16.9 Å². The molecule has 0 heterocycles. The number of likely N-dealkylation sites (N-methyl/N-ethyl adjacent to an activating group) is 1. The third-order valence-electron chi connectivity index (χ3n) is 3.29. The summed E-state index contributed by atoms with van der Waals surface area (Å²) < 4.78 is 0. The van der Waals surface area contributed by atoms with Gasteiger partial charge in [-0.25, -0.2) is 0 Å². The van der Waals surface area contributed by atoms with Crippen LogP contribution in [-0.4, -0.2) is 36.2 Å². The molecule has 0 spiro atoms. The molecule has 1 aliphatic carbocycles. The van der Waals surface area contributed by atoms with E-state index < -0.39 is 0 Å². The van der Waals surface area contributed by atoms with E-state index >= 15 is 0 Å². The Labute approximate surface area is 81.9 Å². The molecule has 13 heavy (non-hydrogen) atoms. The molecular weight excluding hydrogens is 162 g/mol. The third-order valence-corrected chi connectivity index (χ3v) is 3.29. The normalized spacial score (nSPS) is 26.1. The van der Waals surface area contributed by atoms with Crippen molar-refractivity contribution in [2.24, 2.45) is 10.8 Å². The Morgan fingerprint density at radius 1 is 1.23 bits per heavy atom. The quantitative estimate of drug-likeness (QED) is 0.724. The predicted octanol–water partition coefficient (Wildman–Crippen LogP) is 1.74. The molecule has 0 radical (unpaired) electrons. The highest BCUT2D eigenvalue weighted by atomic mass is 16.3. The van der Waals surface area contributed by atoms with Crippen molar-refractivity contribution in [3.8, 4) is 0 Å². The van der Waals surface area contributed by atoms with E-state index in [1.54, 1.807) is 0 Å². The topological polar surface area (TPSA) is 23.5 Å². The van der Waals surface area contributed by atoms with E-state index in [1.165, 1.54) is 6.42 Å². The van der Waals surface area contributed by atoms with Gasteiger partial charge in [0.05, 0.1) is 6.61 Å². The summed E-state index contributed by atoms with van der Waals surface area (Å²) in [7, 11) is 2.11. The maximum atomic E-state index is 8.90. The molecular formula is C11H23NO. The molecule has 1 aliphatic rings. The first-order valence-electron chi connectivity index (χ1n) is 5.12. The van der Waals surface area contributed by atoms with Gasteiger partial charge >= 0.3 is 0 Å². The van der Waals surface area contributed by atoms with Gasteiger partial charge in [-0.15, -0.1) is 0 Å². The molecule has 0 atom stereocenters. The number of hydrogen-bond acceptors (Lipinski definition) is 2. The molecule has 0 aliphatic heterocycles. The summed E-state index contributed by atoms with van der Waals surface area (Å²) in [5, 5.41) is 8.90. The van der Waals surface area contributed by atoms with Gasteiger partial charge in [0, 0.05) is 12.6 Å². The van der Waals surface area contributed by atoms with Crippen LogP contribution in [0.15, 0.2) is 0 Å². The molecule has 1 N–H and O–H groups in total. The number of aliphatic hydroxyl groups is 1. The number of rotatable bonds is 3. The van der Waals surface area contributed by atoms with Crippen LogP contribution in [0.1, 0.15) is 34.1 Å². The van der Waals surface area contributed by atoms with Gasteiger partial charge < -0.3 is 10.0 Å². The zero-order valence-corrected chi connectivity index (χ0v) is 9.59. The Balaban J connectivity index is 2.65. The summed E-state index contributed by atoms with van der Waals surface area (Å²) in [6.45, 7) is 10.3. The molecule has 1 rings (SSSR count). The number of aliphatic hydroxyl groups excluding tert-OH is 1. The molecule has 2 heteroatoms. The van der Waals surface area contributed by atoms with Gasteiger partial charge in [-0.1, -0.05) is 27.7 Å². The van der Waals surface area contributed by atoms with Crippen LogP contribution in [0.4, 0.5) is 0 Å². The van der Waals surface area contributed by atoms with Crippen LogP contribution in [-0.2, 0) is 0 Å². The fraction of sp³-hybridized carbons (Fsp3) is 1.00. The highest BCUT2D eigenvalue weighted by molar-refractivity contribution is 5.07. The molecule has 0 aromatic carbocycles. The molecule has 0 aromatic heterocycles. The molecule has 78 valence electrons. The summed E-state index contributed by atoms with van der Waals surface area (Å²) in [6.07, 6.45) is 1.28. The first kappa shape index (κ1) is 11.0. The molecule has 1 saturated carbocycles. The van der Waals surface area contributed by atoms with E-state index in [0.717, 1.165) is 6.54 Å². The summed E-state index contributed by atoms with van der Waals surface area (Å²) in [4.78, 5) is 2.30. The van der Waals surface area contributed by atoms with Crippen LogP contribution in [0.5, 0.6) is 0 Å².